The minimum absolute atomic E-state index is 0.0533. The maximum atomic E-state index is 12.1. The van der Waals surface area contributed by atoms with Crippen LogP contribution in [0.1, 0.15) is 24.8 Å². The summed E-state index contributed by atoms with van der Waals surface area (Å²) in [5.74, 6) is -1.13. The van der Waals surface area contributed by atoms with Crippen LogP contribution in [0.3, 0.4) is 0 Å². The van der Waals surface area contributed by atoms with Crippen molar-refractivity contribution in [2.45, 2.75) is 35.9 Å². The maximum absolute atomic E-state index is 12.1. The van der Waals surface area contributed by atoms with E-state index in [1.165, 1.54) is 6.07 Å². The van der Waals surface area contributed by atoms with Gasteiger partial charge in [-0.25, -0.2) is 8.42 Å². The molecule has 1 aromatic heterocycles. The van der Waals surface area contributed by atoms with Crippen LogP contribution in [0.5, 0.6) is 0 Å². The lowest BCUT2D eigenvalue weighted by Crippen LogP contribution is -2.58. The molecule has 0 spiro atoms. The lowest BCUT2D eigenvalue weighted by molar-refractivity contribution is -0.147. The average Bonchev–Trinajstić information content (AvgIpc) is 2.53. The van der Waals surface area contributed by atoms with Gasteiger partial charge >= 0.3 is 5.97 Å². The van der Waals surface area contributed by atoms with Crippen molar-refractivity contribution in [1.82, 2.24) is 4.72 Å². The van der Waals surface area contributed by atoms with Crippen LogP contribution in [0.4, 0.5) is 0 Å². The Kier molecular flexibility index (Phi) is 3.44. The van der Waals surface area contributed by atoms with Crippen LogP contribution in [0.2, 0.25) is 4.34 Å². The molecule has 0 bridgehead atoms. The van der Waals surface area contributed by atoms with Crippen molar-refractivity contribution >= 4 is 38.9 Å². The molecule has 2 rings (SSSR count). The smallest absolute Gasteiger partial charge is 0.324 e. The van der Waals surface area contributed by atoms with Crippen LogP contribution in [0.15, 0.2) is 10.3 Å². The summed E-state index contributed by atoms with van der Waals surface area (Å²) in [6.45, 7) is 1.70. The van der Waals surface area contributed by atoms with E-state index in [0.717, 1.165) is 11.3 Å². The zero-order chi connectivity index (χ0) is 13.6. The Labute approximate surface area is 114 Å². The SMILES string of the molecule is Cc1cc(S(=O)(=O)NC2(C(=O)O)CCC2)sc1Cl. The van der Waals surface area contributed by atoms with Crippen molar-refractivity contribution in [3.63, 3.8) is 0 Å². The predicted molar refractivity (Wildman–Crippen MR) is 68.6 cm³/mol. The van der Waals surface area contributed by atoms with Gasteiger partial charge in [-0.3, -0.25) is 4.79 Å². The highest BCUT2D eigenvalue weighted by Gasteiger charge is 2.47. The lowest BCUT2D eigenvalue weighted by Gasteiger charge is -2.37. The maximum Gasteiger partial charge on any atom is 0.324 e. The number of carbonyl (C=O) groups is 1. The molecular formula is C10H12ClNO4S2. The summed E-state index contributed by atoms with van der Waals surface area (Å²) in [5, 5.41) is 9.10. The number of sulfonamides is 1. The molecule has 1 aliphatic rings. The first kappa shape index (κ1) is 13.8. The Morgan fingerprint density at radius 3 is 2.50 bits per heavy atom. The topological polar surface area (TPSA) is 83.5 Å². The molecule has 0 radical (unpaired) electrons. The summed E-state index contributed by atoms with van der Waals surface area (Å²) in [6, 6.07) is 1.45. The van der Waals surface area contributed by atoms with Gasteiger partial charge in [-0.05, 0) is 37.8 Å². The molecule has 1 aromatic rings. The first-order chi connectivity index (χ1) is 8.27. The molecule has 1 saturated carbocycles. The Morgan fingerprint density at radius 1 is 1.56 bits per heavy atom. The van der Waals surface area contributed by atoms with E-state index in [0.29, 0.717) is 29.2 Å². The highest BCUT2D eigenvalue weighted by atomic mass is 35.5. The standard InChI is InChI=1S/C10H12ClNO4S2/c1-6-5-7(17-8(6)11)18(15,16)12-10(9(13)14)3-2-4-10/h5,12H,2-4H2,1H3,(H,13,14). The van der Waals surface area contributed by atoms with Crippen molar-refractivity contribution < 1.29 is 18.3 Å². The molecule has 100 valence electrons. The van der Waals surface area contributed by atoms with E-state index >= 15 is 0 Å². The summed E-state index contributed by atoms with van der Waals surface area (Å²) < 4.78 is 26.9. The van der Waals surface area contributed by atoms with Crippen molar-refractivity contribution in [1.29, 1.82) is 0 Å². The molecule has 0 aliphatic heterocycles. The molecule has 0 atom stereocenters. The molecule has 5 nitrogen and oxygen atoms in total. The Balaban J connectivity index is 2.30. The average molecular weight is 310 g/mol. The zero-order valence-corrected chi connectivity index (χ0v) is 12.0. The highest BCUT2D eigenvalue weighted by molar-refractivity contribution is 7.91. The number of halogens is 1. The lowest BCUT2D eigenvalue weighted by atomic mass is 9.78. The quantitative estimate of drug-likeness (QED) is 0.891. The van der Waals surface area contributed by atoms with Gasteiger partial charge < -0.3 is 5.11 Å². The third kappa shape index (κ3) is 2.27. The first-order valence-electron chi connectivity index (χ1n) is 5.30. The molecule has 0 unspecified atom stereocenters. The van der Waals surface area contributed by atoms with E-state index in [9.17, 15) is 13.2 Å². The van der Waals surface area contributed by atoms with E-state index in [-0.39, 0.29) is 4.21 Å². The molecule has 0 aromatic carbocycles. The second-order valence-electron chi connectivity index (χ2n) is 4.37. The summed E-state index contributed by atoms with van der Waals surface area (Å²) in [5.41, 5.74) is -0.677. The number of rotatable bonds is 4. The van der Waals surface area contributed by atoms with Gasteiger partial charge in [-0.1, -0.05) is 11.6 Å². The number of thiophene rings is 1. The fourth-order valence-electron chi connectivity index (χ4n) is 1.76. The number of aliphatic carboxylic acids is 1. The predicted octanol–water partition coefficient (Wildman–Crippen LogP) is 2.00. The normalized spacial score (nSPS) is 18.3. The number of hydrogen-bond acceptors (Lipinski definition) is 4. The van der Waals surface area contributed by atoms with Gasteiger partial charge in [-0.15, -0.1) is 11.3 Å². The van der Waals surface area contributed by atoms with Gasteiger partial charge in [0, 0.05) is 0 Å². The van der Waals surface area contributed by atoms with Crippen molar-refractivity contribution in [3.05, 3.63) is 16.0 Å². The van der Waals surface area contributed by atoms with Crippen molar-refractivity contribution in [3.8, 4) is 0 Å². The molecular weight excluding hydrogens is 298 g/mol. The van der Waals surface area contributed by atoms with Crippen LogP contribution >= 0.6 is 22.9 Å². The van der Waals surface area contributed by atoms with E-state index < -0.39 is 21.5 Å². The molecule has 0 amide bonds. The molecule has 1 aliphatic carbocycles. The second-order valence-corrected chi connectivity index (χ2v) is 7.93. The molecule has 1 heterocycles. The number of carboxylic acids is 1. The van der Waals surface area contributed by atoms with E-state index in [2.05, 4.69) is 4.72 Å². The number of nitrogens with one attached hydrogen (secondary N) is 1. The van der Waals surface area contributed by atoms with Gasteiger partial charge in [0.15, 0.2) is 0 Å². The molecule has 0 saturated heterocycles. The van der Waals surface area contributed by atoms with Crippen molar-refractivity contribution in [2.75, 3.05) is 0 Å². The molecule has 2 N–H and O–H groups in total. The summed E-state index contributed by atoms with van der Waals surface area (Å²) >= 11 is 6.76. The minimum Gasteiger partial charge on any atom is -0.480 e. The molecule has 1 fully saturated rings. The highest BCUT2D eigenvalue weighted by Crippen LogP contribution is 2.36. The fraction of sp³-hybridized carbons (Fsp3) is 0.500. The van der Waals surface area contributed by atoms with Crippen molar-refractivity contribution in [2.24, 2.45) is 0 Å². The molecule has 18 heavy (non-hydrogen) atoms. The zero-order valence-electron chi connectivity index (χ0n) is 9.57. The largest absolute Gasteiger partial charge is 0.480 e. The van der Waals surface area contributed by atoms with Gasteiger partial charge in [-0.2, -0.15) is 4.72 Å². The Hall–Kier alpha value is -0.630. The van der Waals surface area contributed by atoms with E-state index in [4.69, 9.17) is 16.7 Å². The minimum atomic E-state index is -3.82. The Morgan fingerprint density at radius 2 is 2.17 bits per heavy atom. The first-order valence-corrected chi connectivity index (χ1v) is 7.98. The summed E-state index contributed by atoms with van der Waals surface area (Å²) in [7, 11) is -3.82. The number of hydrogen-bond donors (Lipinski definition) is 2. The van der Waals surface area contributed by atoms with E-state index in [1.54, 1.807) is 6.92 Å². The number of aryl methyl sites for hydroxylation is 1. The number of carboxylic acid groups (broad SMARTS) is 1. The van der Waals surface area contributed by atoms with Crippen LogP contribution in [0, 0.1) is 6.92 Å². The van der Waals surface area contributed by atoms with Gasteiger partial charge in [0.25, 0.3) is 10.0 Å². The summed E-state index contributed by atoms with van der Waals surface area (Å²) in [6.07, 6.45) is 1.35. The van der Waals surface area contributed by atoms with Crippen LogP contribution in [0.25, 0.3) is 0 Å². The van der Waals surface area contributed by atoms with Gasteiger partial charge in [0.1, 0.15) is 9.75 Å². The molecule has 8 heteroatoms. The third-order valence-corrected chi connectivity index (χ3v) is 6.61. The third-order valence-electron chi connectivity index (χ3n) is 3.05. The van der Waals surface area contributed by atoms with Crippen LogP contribution in [-0.4, -0.2) is 25.0 Å². The summed E-state index contributed by atoms with van der Waals surface area (Å²) in [4.78, 5) is 11.1. The van der Waals surface area contributed by atoms with Crippen LogP contribution in [-0.2, 0) is 14.8 Å². The van der Waals surface area contributed by atoms with Gasteiger partial charge in [0.2, 0.25) is 0 Å². The van der Waals surface area contributed by atoms with Gasteiger partial charge in [0.05, 0.1) is 4.34 Å². The van der Waals surface area contributed by atoms with E-state index in [1.807, 2.05) is 0 Å². The Bertz CT molecular complexity index is 570. The monoisotopic (exact) mass is 309 g/mol. The second kappa shape index (κ2) is 4.48. The van der Waals surface area contributed by atoms with Crippen LogP contribution < -0.4 is 4.72 Å². The fourth-order valence-corrected chi connectivity index (χ4v) is 4.89.